The lowest BCUT2D eigenvalue weighted by molar-refractivity contribution is -0.137. The van der Waals surface area contributed by atoms with Crippen molar-refractivity contribution in [2.75, 3.05) is 0 Å². The van der Waals surface area contributed by atoms with E-state index in [0.29, 0.717) is 11.1 Å². The summed E-state index contributed by atoms with van der Waals surface area (Å²) in [7, 11) is 0. The molecule has 0 saturated heterocycles. The molecule has 2 nitrogen and oxygen atoms in total. The Morgan fingerprint density at radius 3 is 2.00 bits per heavy atom. The van der Waals surface area contributed by atoms with Crippen LogP contribution in [-0.4, -0.2) is 5.91 Å². The molecule has 0 aromatic heterocycles. The molecule has 0 unspecified atom stereocenters. The van der Waals surface area contributed by atoms with Crippen molar-refractivity contribution in [3.63, 3.8) is 0 Å². The van der Waals surface area contributed by atoms with Gasteiger partial charge in [-0.05, 0) is 36.8 Å². The molecule has 0 saturated carbocycles. The standard InChI is InChI=1S/C16H14F3NO.C2H6.H2/c1-11-2-6-13(7-3-11)15(21)20-10-12-4-8-14(9-5-12)16(17,18)19;1-2;/h2-9H,10H2,1H3,(H,20,21);1-2H3;1H. The number of rotatable bonds is 3. The first-order valence-electron chi connectivity index (χ1n) is 7.37. The minimum Gasteiger partial charge on any atom is -0.348 e. The van der Waals surface area contributed by atoms with Gasteiger partial charge in [0, 0.05) is 13.5 Å². The molecular weight excluding hydrogens is 303 g/mol. The highest BCUT2D eigenvalue weighted by atomic mass is 19.4. The number of hydrogen-bond acceptors (Lipinski definition) is 1. The van der Waals surface area contributed by atoms with Gasteiger partial charge in [0.05, 0.1) is 5.56 Å². The monoisotopic (exact) mass is 325 g/mol. The van der Waals surface area contributed by atoms with Crippen molar-refractivity contribution in [1.82, 2.24) is 5.32 Å². The summed E-state index contributed by atoms with van der Waals surface area (Å²) >= 11 is 0. The Kier molecular flexibility index (Phi) is 6.82. The minimum atomic E-state index is -4.34. The fourth-order valence-electron chi connectivity index (χ4n) is 1.80. The van der Waals surface area contributed by atoms with Crippen LogP contribution in [0.15, 0.2) is 48.5 Å². The Bertz CT molecular complexity index is 622. The van der Waals surface area contributed by atoms with Gasteiger partial charge in [0.25, 0.3) is 5.91 Å². The first kappa shape index (κ1) is 18.7. The summed E-state index contributed by atoms with van der Waals surface area (Å²) in [5, 5.41) is 2.67. The predicted molar refractivity (Wildman–Crippen MR) is 87.3 cm³/mol. The van der Waals surface area contributed by atoms with Crippen LogP contribution in [0.25, 0.3) is 0 Å². The van der Waals surface area contributed by atoms with E-state index in [0.717, 1.165) is 17.7 Å². The molecule has 2 rings (SSSR count). The molecule has 0 bridgehead atoms. The fraction of sp³-hybridized carbons (Fsp3) is 0.278. The molecular formula is C18H22F3NO. The minimum absolute atomic E-state index is 0. The van der Waals surface area contributed by atoms with Crippen LogP contribution in [0.4, 0.5) is 13.2 Å². The largest absolute Gasteiger partial charge is 0.416 e. The van der Waals surface area contributed by atoms with Crippen molar-refractivity contribution in [3.8, 4) is 0 Å². The third kappa shape index (κ3) is 5.77. The summed E-state index contributed by atoms with van der Waals surface area (Å²) in [6, 6.07) is 11.8. The van der Waals surface area contributed by atoms with Crippen molar-refractivity contribution in [2.45, 2.75) is 33.5 Å². The number of alkyl halides is 3. The predicted octanol–water partition coefficient (Wildman–Crippen LogP) is 5.22. The van der Waals surface area contributed by atoms with E-state index >= 15 is 0 Å². The topological polar surface area (TPSA) is 29.1 Å². The van der Waals surface area contributed by atoms with E-state index in [9.17, 15) is 18.0 Å². The first-order valence-corrected chi connectivity index (χ1v) is 7.37. The second-order valence-corrected chi connectivity index (χ2v) is 4.74. The van der Waals surface area contributed by atoms with Crippen LogP contribution in [0.5, 0.6) is 0 Å². The van der Waals surface area contributed by atoms with Crippen LogP contribution >= 0.6 is 0 Å². The van der Waals surface area contributed by atoms with E-state index in [4.69, 9.17) is 0 Å². The number of benzene rings is 2. The summed E-state index contributed by atoms with van der Waals surface area (Å²) in [5.41, 5.74) is 1.49. The van der Waals surface area contributed by atoms with Crippen molar-refractivity contribution in [1.29, 1.82) is 0 Å². The molecule has 0 aliphatic heterocycles. The summed E-state index contributed by atoms with van der Waals surface area (Å²) in [5.74, 6) is -0.255. The number of halogens is 3. The average Bonchev–Trinajstić information content (AvgIpc) is 2.55. The third-order valence-electron chi connectivity index (χ3n) is 3.05. The number of carbonyl (C=O) groups excluding carboxylic acids is 1. The Hall–Kier alpha value is -2.30. The van der Waals surface area contributed by atoms with Crippen molar-refractivity contribution >= 4 is 5.91 Å². The van der Waals surface area contributed by atoms with E-state index in [1.54, 1.807) is 12.1 Å². The van der Waals surface area contributed by atoms with Gasteiger partial charge < -0.3 is 5.32 Å². The van der Waals surface area contributed by atoms with Gasteiger partial charge in [0.2, 0.25) is 0 Å². The highest BCUT2D eigenvalue weighted by Gasteiger charge is 2.29. The van der Waals surface area contributed by atoms with Crippen LogP contribution in [0.2, 0.25) is 0 Å². The van der Waals surface area contributed by atoms with Crippen molar-refractivity contribution in [2.24, 2.45) is 0 Å². The van der Waals surface area contributed by atoms with E-state index in [2.05, 4.69) is 5.32 Å². The fourth-order valence-corrected chi connectivity index (χ4v) is 1.80. The van der Waals surface area contributed by atoms with Gasteiger partial charge in [-0.3, -0.25) is 4.79 Å². The van der Waals surface area contributed by atoms with Crippen molar-refractivity contribution in [3.05, 3.63) is 70.8 Å². The van der Waals surface area contributed by atoms with E-state index in [-0.39, 0.29) is 13.9 Å². The molecule has 0 spiro atoms. The summed E-state index contributed by atoms with van der Waals surface area (Å²) in [6.45, 7) is 6.11. The molecule has 2 aromatic rings. The number of amides is 1. The first-order chi connectivity index (χ1) is 10.9. The second-order valence-electron chi connectivity index (χ2n) is 4.74. The van der Waals surface area contributed by atoms with Gasteiger partial charge in [0.1, 0.15) is 0 Å². The summed E-state index contributed by atoms with van der Waals surface area (Å²) in [6.07, 6.45) is -4.34. The Labute approximate surface area is 135 Å². The lowest BCUT2D eigenvalue weighted by Crippen LogP contribution is -2.22. The number of hydrogen-bond donors (Lipinski definition) is 1. The van der Waals surface area contributed by atoms with Crippen LogP contribution < -0.4 is 5.32 Å². The summed E-state index contributed by atoms with van der Waals surface area (Å²) in [4.78, 5) is 11.9. The smallest absolute Gasteiger partial charge is 0.348 e. The molecule has 23 heavy (non-hydrogen) atoms. The lowest BCUT2D eigenvalue weighted by atomic mass is 10.1. The molecule has 5 heteroatoms. The van der Waals surface area contributed by atoms with Gasteiger partial charge in [-0.15, -0.1) is 0 Å². The van der Waals surface area contributed by atoms with Gasteiger partial charge in [-0.2, -0.15) is 13.2 Å². The van der Waals surface area contributed by atoms with Crippen LogP contribution in [0.1, 0.15) is 42.3 Å². The number of nitrogens with one attached hydrogen (secondary N) is 1. The van der Waals surface area contributed by atoms with Gasteiger partial charge in [-0.1, -0.05) is 43.7 Å². The molecule has 0 atom stereocenters. The van der Waals surface area contributed by atoms with Gasteiger partial charge >= 0.3 is 6.18 Å². The Balaban J connectivity index is 0.00000170. The second kappa shape index (κ2) is 8.36. The lowest BCUT2D eigenvalue weighted by Gasteiger charge is -2.09. The molecule has 0 radical (unpaired) electrons. The molecule has 0 fully saturated rings. The maximum absolute atomic E-state index is 12.4. The maximum atomic E-state index is 12.4. The van der Waals surface area contributed by atoms with Gasteiger partial charge in [-0.25, -0.2) is 0 Å². The molecule has 126 valence electrons. The highest BCUT2D eigenvalue weighted by Crippen LogP contribution is 2.29. The molecule has 1 N–H and O–H groups in total. The average molecular weight is 325 g/mol. The normalized spacial score (nSPS) is 10.5. The highest BCUT2D eigenvalue weighted by molar-refractivity contribution is 5.94. The molecule has 2 aromatic carbocycles. The van der Waals surface area contributed by atoms with Crippen molar-refractivity contribution < 1.29 is 19.4 Å². The third-order valence-corrected chi connectivity index (χ3v) is 3.05. The molecule has 1 amide bonds. The van der Waals surface area contributed by atoms with Crippen LogP contribution in [-0.2, 0) is 12.7 Å². The van der Waals surface area contributed by atoms with Gasteiger partial charge in [0.15, 0.2) is 0 Å². The SMILES string of the molecule is CC.Cc1ccc(C(=O)NCc2ccc(C(F)(F)F)cc2)cc1.[HH]. The molecule has 0 aliphatic carbocycles. The maximum Gasteiger partial charge on any atom is 0.416 e. The van der Waals surface area contributed by atoms with E-state index < -0.39 is 11.7 Å². The number of aryl methyl sites for hydroxylation is 1. The molecule has 0 aliphatic rings. The van der Waals surface area contributed by atoms with Crippen LogP contribution in [0.3, 0.4) is 0 Å². The zero-order valence-corrected chi connectivity index (χ0v) is 13.4. The Morgan fingerprint density at radius 2 is 1.52 bits per heavy atom. The van der Waals surface area contributed by atoms with E-state index in [1.165, 1.54) is 12.1 Å². The number of carbonyl (C=O) groups is 1. The summed E-state index contributed by atoms with van der Waals surface area (Å²) < 4.78 is 37.3. The van der Waals surface area contributed by atoms with E-state index in [1.807, 2.05) is 32.9 Å². The zero-order chi connectivity index (χ0) is 17.5. The van der Waals surface area contributed by atoms with Crippen LogP contribution in [0, 0.1) is 6.92 Å². The molecule has 0 heterocycles. The zero-order valence-electron chi connectivity index (χ0n) is 13.4. The Morgan fingerprint density at radius 1 is 1.00 bits per heavy atom. The quantitative estimate of drug-likeness (QED) is 0.824.